The molecule has 0 saturated heterocycles. The maximum absolute atomic E-state index is 12.6. The predicted octanol–water partition coefficient (Wildman–Crippen LogP) is 5.54. The largest absolute Gasteiger partial charge is 0.450 e. The van der Waals surface area contributed by atoms with Crippen LogP contribution in [-0.2, 0) is 4.79 Å². The highest BCUT2D eigenvalue weighted by Gasteiger charge is 2.38. The van der Waals surface area contributed by atoms with Gasteiger partial charge in [0.2, 0.25) is 5.78 Å². The van der Waals surface area contributed by atoms with Crippen LogP contribution in [0.1, 0.15) is 11.3 Å². The fourth-order valence-corrected chi connectivity index (χ4v) is 3.04. The summed E-state index contributed by atoms with van der Waals surface area (Å²) in [6, 6.07) is 16.3. The van der Waals surface area contributed by atoms with Crippen molar-refractivity contribution in [2.24, 2.45) is 4.99 Å². The molecule has 0 saturated carbocycles. The van der Waals surface area contributed by atoms with Crippen LogP contribution in [0.15, 0.2) is 65.0 Å². The second-order valence-corrected chi connectivity index (χ2v) is 6.08. The van der Waals surface area contributed by atoms with Crippen molar-refractivity contribution in [3.8, 4) is 0 Å². The first kappa shape index (κ1) is 16.4. The molecule has 1 heterocycles. The van der Waals surface area contributed by atoms with E-state index < -0.39 is 18.4 Å². The summed E-state index contributed by atoms with van der Waals surface area (Å²) in [5, 5.41) is 3.51. The van der Waals surface area contributed by atoms with Crippen molar-refractivity contribution < 1.29 is 18.0 Å². The highest BCUT2D eigenvalue weighted by molar-refractivity contribution is 7.12. The van der Waals surface area contributed by atoms with E-state index in [1.165, 1.54) is 11.3 Å². The molecule has 2 nitrogen and oxygen atoms in total. The molecule has 3 aromatic rings. The van der Waals surface area contributed by atoms with Crippen molar-refractivity contribution >= 4 is 39.3 Å². The van der Waals surface area contributed by atoms with Crippen LogP contribution in [-0.4, -0.2) is 17.7 Å². The van der Waals surface area contributed by atoms with Gasteiger partial charge >= 0.3 is 6.18 Å². The molecule has 0 spiro atoms. The van der Waals surface area contributed by atoms with Crippen LogP contribution in [0.5, 0.6) is 0 Å². The third-order valence-corrected chi connectivity index (χ3v) is 4.39. The van der Waals surface area contributed by atoms with Crippen LogP contribution in [0.3, 0.4) is 0 Å². The van der Waals surface area contributed by atoms with Crippen LogP contribution in [0, 0.1) is 0 Å². The smallest absolute Gasteiger partial charge is 0.289 e. The minimum Gasteiger partial charge on any atom is -0.289 e. The molecule has 0 bridgehead atoms. The number of Topliss-reactive ketones (excluding diaryl/α,β-unsaturated/α-hetero) is 1. The number of hydrogen-bond donors (Lipinski definition) is 0. The van der Waals surface area contributed by atoms with Crippen molar-refractivity contribution in [1.29, 1.82) is 0 Å². The second-order valence-electron chi connectivity index (χ2n) is 5.13. The zero-order valence-corrected chi connectivity index (χ0v) is 13.2. The van der Waals surface area contributed by atoms with E-state index in [1.54, 1.807) is 29.6 Å². The number of thiophene rings is 1. The van der Waals surface area contributed by atoms with E-state index in [0.717, 1.165) is 10.8 Å². The Morgan fingerprint density at radius 1 is 1.00 bits per heavy atom. The molecular formula is C18H12F3NOS. The lowest BCUT2D eigenvalue weighted by Gasteiger charge is -2.08. The summed E-state index contributed by atoms with van der Waals surface area (Å²) in [4.78, 5) is 16.4. The molecule has 1 aromatic heterocycles. The average molecular weight is 347 g/mol. The Bertz CT molecular complexity index is 893. The van der Waals surface area contributed by atoms with Crippen LogP contribution >= 0.6 is 11.3 Å². The summed E-state index contributed by atoms with van der Waals surface area (Å²) in [5.74, 6) is -1.80. The molecule has 0 aliphatic carbocycles. The lowest BCUT2D eigenvalue weighted by atomic mass is 10.1. The molecule has 0 radical (unpaired) electrons. The zero-order chi connectivity index (χ0) is 17.2. The fraction of sp³-hybridized carbons (Fsp3) is 0.111. The Hall–Kier alpha value is -2.47. The standard InChI is InChI=1S/C18H12F3NOS/c19-18(20,21)17(23)11-15(16-9-4-10-24-16)22-14-8-3-6-12-5-1-2-7-13(12)14/h1-10H,11H2. The topological polar surface area (TPSA) is 29.4 Å². The van der Waals surface area contributed by atoms with Crippen LogP contribution in [0.4, 0.5) is 18.9 Å². The first-order valence-corrected chi connectivity index (χ1v) is 8.02. The molecule has 2 aromatic carbocycles. The van der Waals surface area contributed by atoms with E-state index in [1.807, 2.05) is 30.3 Å². The van der Waals surface area contributed by atoms with Gasteiger partial charge in [-0.3, -0.25) is 9.79 Å². The molecule has 0 N–H and O–H groups in total. The van der Waals surface area contributed by atoms with Gasteiger partial charge in [0.15, 0.2) is 0 Å². The van der Waals surface area contributed by atoms with Gasteiger partial charge in [-0.1, -0.05) is 42.5 Å². The van der Waals surface area contributed by atoms with E-state index >= 15 is 0 Å². The highest BCUT2D eigenvalue weighted by atomic mass is 32.1. The maximum Gasteiger partial charge on any atom is 0.450 e. The molecule has 0 aliphatic rings. The van der Waals surface area contributed by atoms with Gasteiger partial charge in [-0.15, -0.1) is 11.3 Å². The quantitative estimate of drug-likeness (QED) is 0.570. The Balaban J connectivity index is 2.08. The lowest BCUT2D eigenvalue weighted by molar-refractivity contribution is -0.169. The SMILES string of the molecule is O=C(CC(=Nc1cccc2ccccc12)c1cccs1)C(F)(F)F. The number of fused-ring (bicyclic) bond motifs is 1. The summed E-state index contributed by atoms with van der Waals surface area (Å²) in [6.07, 6.45) is -5.63. The lowest BCUT2D eigenvalue weighted by Crippen LogP contribution is -2.25. The number of rotatable bonds is 4. The van der Waals surface area contributed by atoms with Crippen LogP contribution in [0.25, 0.3) is 10.8 Å². The number of alkyl halides is 3. The average Bonchev–Trinajstić information content (AvgIpc) is 3.08. The van der Waals surface area contributed by atoms with Crippen molar-refractivity contribution in [3.05, 3.63) is 64.9 Å². The Morgan fingerprint density at radius 3 is 2.46 bits per heavy atom. The van der Waals surface area contributed by atoms with E-state index in [4.69, 9.17) is 0 Å². The number of ketones is 1. The summed E-state index contributed by atoms with van der Waals surface area (Å²) >= 11 is 1.26. The maximum atomic E-state index is 12.6. The number of halogens is 3. The van der Waals surface area contributed by atoms with E-state index in [-0.39, 0.29) is 5.71 Å². The van der Waals surface area contributed by atoms with E-state index in [2.05, 4.69) is 4.99 Å². The number of carbonyl (C=O) groups excluding carboxylic acids is 1. The number of carbonyl (C=O) groups is 1. The molecule has 24 heavy (non-hydrogen) atoms. The summed E-state index contributed by atoms with van der Waals surface area (Å²) < 4.78 is 37.9. The molecule has 0 fully saturated rings. The van der Waals surface area contributed by atoms with E-state index in [9.17, 15) is 18.0 Å². The van der Waals surface area contributed by atoms with Gasteiger partial charge in [-0.05, 0) is 22.9 Å². The molecule has 0 aliphatic heterocycles. The predicted molar refractivity (Wildman–Crippen MR) is 90.1 cm³/mol. The Kier molecular flexibility index (Phi) is 4.49. The molecule has 3 rings (SSSR count). The van der Waals surface area contributed by atoms with Crippen LogP contribution < -0.4 is 0 Å². The second kappa shape index (κ2) is 6.57. The third-order valence-electron chi connectivity index (χ3n) is 3.47. The van der Waals surface area contributed by atoms with Gasteiger partial charge in [-0.2, -0.15) is 13.2 Å². The zero-order valence-electron chi connectivity index (χ0n) is 12.4. The summed E-state index contributed by atoms with van der Waals surface area (Å²) in [7, 11) is 0. The number of nitrogens with zero attached hydrogens (tertiary/aromatic N) is 1. The highest BCUT2D eigenvalue weighted by Crippen LogP contribution is 2.28. The van der Waals surface area contributed by atoms with Crippen molar-refractivity contribution in [1.82, 2.24) is 0 Å². The van der Waals surface area contributed by atoms with E-state index in [0.29, 0.717) is 10.6 Å². The van der Waals surface area contributed by atoms with Gasteiger partial charge in [0.1, 0.15) is 0 Å². The first-order chi connectivity index (χ1) is 11.4. The molecule has 6 heteroatoms. The molecule has 0 amide bonds. The minimum absolute atomic E-state index is 0.128. The normalized spacial score (nSPS) is 12.5. The van der Waals surface area contributed by atoms with Crippen LogP contribution in [0.2, 0.25) is 0 Å². The van der Waals surface area contributed by atoms with Crippen molar-refractivity contribution in [3.63, 3.8) is 0 Å². The number of benzene rings is 2. The summed E-state index contributed by atoms with van der Waals surface area (Å²) in [5.41, 5.74) is 0.676. The minimum atomic E-state index is -4.86. The first-order valence-electron chi connectivity index (χ1n) is 7.14. The number of aliphatic imine (C=N–C) groups is 1. The van der Waals surface area contributed by atoms with Gasteiger partial charge in [0.05, 0.1) is 17.8 Å². The number of hydrogen-bond acceptors (Lipinski definition) is 3. The molecule has 122 valence electrons. The van der Waals surface area contributed by atoms with Crippen molar-refractivity contribution in [2.45, 2.75) is 12.6 Å². The Morgan fingerprint density at radius 2 is 1.75 bits per heavy atom. The molecular weight excluding hydrogens is 335 g/mol. The monoisotopic (exact) mass is 347 g/mol. The Labute approximate surface area is 140 Å². The van der Waals surface area contributed by atoms with Gasteiger partial charge in [0.25, 0.3) is 0 Å². The van der Waals surface area contributed by atoms with Gasteiger partial charge in [0, 0.05) is 10.3 Å². The van der Waals surface area contributed by atoms with Crippen molar-refractivity contribution in [2.75, 3.05) is 0 Å². The summed E-state index contributed by atoms with van der Waals surface area (Å²) in [6.45, 7) is 0. The van der Waals surface area contributed by atoms with Gasteiger partial charge in [-0.25, -0.2) is 0 Å². The third kappa shape index (κ3) is 3.54. The molecule has 0 atom stereocenters. The fourth-order valence-electron chi connectivity index (χ4n) is 2.33. The molecule has 0 unspecified atom stereocenters. The van der Waals surface area contributed by atoms with Gasteiger partial charge < -0.3 is 0 Å².